The van der Waals surface area contributed by atoms with E-state index in [-0.39, 0.29) is 5.56 Å². The molecule has 1 N–H and O–H groups in total. The molecule has 0 aliphatic carbocycles. The van der Waals surface area contributed by atoms with Gasteiger partial charge in [0, 0.05) is 15.9 Å². The molecule has 0 unspecified atom stereocenters. The van der Waals surface area contributed by atoms with Gasteiger partial charge in [0.05, 0.1) is 11.3 Å². The van der Waals surface area contributed by atoms with Gasteiger partial charge in [-0.25, -0.2) is 9.48 Å². The normalized spacial score (nSPS) is 10.7. The largest absolute Gasteiger partial charge is 0.478 e. The number of rotatable bonds is 6. The Kier molecular flexibility index (Phi) is 5.13. The number of benzene rings is 1. The molecule has 2 rings (SSSR count). The Labute approximate surface area is 128 Å². The van der Waals surface area contributed by atoms with Gasteiger partial charge in [-0.1, -0.05) is 6.92 Å². The van der Waals surface area contributed by atoms with Crippen LogP contribution < -0.4 is 0 Å². The van der Waals surface area contributed by atoms with E-state index in [0.717, 1.165) is 23.7 Å². The Morgan fingerprint density at radius 2 is 2.30 bits per heavy atom. The van der Waals surface area contributed by atoms with Crippen molar-refractivity contribution < 1.29 is 9.90 Å². The molecule has 1 heterocycles. The molecule has 0 atom stereocenters. The number of aryl methyl sites for hydroxylation is 1. The first kappa shape index (κ1) is 15.0. The number of thioether (sulfide) groups is 1. The van der Waals surface area contributed by atoms with Crippen LogP contribution in [0.3, 0.4) is 0 Å². The summed E-state index contributed by atoms with van der Waals surface area (Å²) in [5.41, 5.74) is 0.253. The van der Waals surface area contributed by atoms with Crippen LogP contribution in [-0.4, -0.2) is 31.3 Å². The Morgan fingerprint density at radius 1 is 1.50 bits per heavy atom. The van der Waals surface area contributed by atoms with Gasteiger partial charge < -0.3 is 5.11 Å². The number of hydrogen-bond acceptors (Lipinski definition) is 5. The van der Waals surface area contributed by atoms with Gasteiger partial charge in [0.1, 0.15) is 0 Å². The number of aromatic carboxylic acids is 1. The lowest BCUT2D eigenvalue weighted by Crippen LogP contribution is -2.04. The molecule has 0 saturated carbocycles. The van der Waals surface area contributed by atoms with Crippen molar-refractivity contribution in [2.75, 3.05) is 0 Å². The molecular formula is C12H13BrN4O2S. The number of halogens is 1. The van der Waals surface area contributed by atoms with Crippen LogP contribution in [0.5, 0.6) is 0 Å². The molecule has 2 aromatic rings. The summed E-state index contributed by atoms with van der Waals surface area (Å²) in [4.78, 5) is 11.9. The van der Waals surface area contributed by atoms with Crippen molar-refractivity contribution in [3.63, 3.8) is 0 Å². The van der Waals surface area contributed by atoms with E-state index < -0.39 is 5.97 Å². The first-order chi connectivity index (χ1) is 9.61. The number of carboxylic acid groups (broad SMARTS) is 1. The molecule has 0 bridgehead atoms. The van der Waals surface area contributed by atoms with Crippen molar-refractivity contribution in [1.29, 1.82) is 0 Å². The number of hydrogen-bond donors (Lipinski definition) is 1. The highest BCUT2D eigenvalue weighted by molar-refractivity contribution is 9.10. The second-order valence-electron chi connectivity index (χ2n) is 4.05. The topological polar surface area (TPSA) is 80.9 Å². The van der Waals surface area contributed by atoms with Crippen molar-refractivity contribution in [1.82, 2.24) is 20.2 Å². The average Bonchev–Trinajstić information content (AvgIpc) is 2.85. The van der Waals surface area contributed by atoms with Gasteiger partial charge in [-0.3, -0.25) is 0 Å². The summed E-state index contributed by atoms with van der Waals surface area (Å²) >= 11 is 4.74. The molecule has 6 nitrogen and oxygen atoms in total. The third kappa shape index (κ3) is 3.57. The summed E-state index contributed by atoms with van der Waals surface area (Å²) in [7, 11) is 0. The van der Waals surface area contributed by atoms with Crippen molar-refractivity contribution >= 4 is 33.7 Å². The Balaban J connectivity index is 2.09. The summed E-state index contributed by atoms with van der Waals surface area (Å²) in [6, 6.07) is 5.25. The molecule has 20 heavy (non-hydrogen) atoms. The van der Waals surface area contributed by atoms with Crippen LogP contribution in [0.15, 0.2) is 27.6 Å². The molecule has 1 aromatic carbocycles. The van der Waals surface area contributed by atoms with Crippen LogP contribution in [0.1, 0.15) is 29.5 Å². The van der Waals surface area contributed by atoms with Gasteiger partial charge in [0.2, 0.25) is 0 Å². The average molecular weight is 357 g/mol. The first-order valence-corrected chi connectivity index (χ1v) is 7.80. The molecule has 0 aliphatic rings. The molecule has 0 fully saturated rings. The van der Waals surface area contributed by atoms with Gasteiger partial charge in [0.25, 0.3) is 0 Å². The van der Waals surface area contributed by atoms with Crippen LogP contribution in [0.25, 0.3) is 0 Å². The fourth-order valence-electron chi connectivity index (χ4n) is 1.62. The summed E-state index contributed by atoms with van der Waals surface area (Å²) in [5, 5.41) is 20.6. The van der Waals surface area contributed by atoms with Crippen LogP contribution in [0, 0.1) is 0 Å². The molecule has 8 heteroatoms. The zero-order valence-corrected chi connectivity index (χ0v) is 13.2. The molecule has 106 valence electrons. The van der Waals surface area contributed by atoms with E-state index in [1.807, 2.05) is 6.07 Å². The smallest absolute Gasteiger partial charge is 0.336 e. The Morgan fingerprint density at radius 3 is 3.00 bits per heavy atom. The Hall–Kier alpha value is -1.41. The zero-order chi connectivity index (χ0) is 14.5. The predicted molar refractivity (Wildman–Crippen MR) is 78.8 cm³/mol. The maximum atomic E-state index is 11.1. The number of carbonyl (C=O) groups is 1. The SMILES string of the molecule is CCCn1nnnc1CSc1ccc(Br)c(C(=O)O)c1. The fourth-order valence-corrected chi connectivity index (χ4v) is 2.90. The number of tetrazole rings is 1. The van der Waals surface area contributed by atoms with E-state index >= 15 is 0 Å². The van der Waals surface area contributed by atoms with E-state index in [1.165, 1.54) is 11.8 Å². The van der Waals surface area contributed by atoms with Gasteiger partial charge in [0.15, 0.2) is 5.82 Å². The van der Waals surface area contributed by atoms with Crippen molar-refractivity contribution in [2.24, 2.45) is 0 Å². The molecule has 0 spiro atoms. The highest BCUT2D eigenvalue weighted by Gasteiger charge is 2.11. The number of carboxylic acids is 1. The van der Waals surface area contributed by atoms with Gasteiger partial charge >= 0.3 is 5.97 Å². The molecular weight excluding hydrogens is 344 g/mol. The molecule has 0 aliphatic heterocycles. The minimum atomic E-state index is -0.949. The Bertz CT molecular complexity index is 617. The van der Waals surface area contributed by atoms with E-state index in [2.05, 4.69) is 38.4 Å². The third-order valence-electron chi connectivity index (χ3n) is 2.58. The van der Waals surface area contributed by atoms with Crippen molar-refractivity contribution in [3.8, 4) is 0 Å². The lowest BCUT2D eigenvalue weighted by Gasteiger charge is -2.05. The maximum Gasteiger partial charge on any atom is 0.336 e. The van der Waals surface area contributed by atoms with Crippen LogP contribution in [0.4, 0.5) is 0 Å². The van der Waals surface area contributed by atoms with Gasteiger partial charge in [-0.2, -0.15) is 0 Å². The number of aromatic nitrogens is 4. The fraction of sp³-hybridized carbons (Fsp3) is 0.333. The molecule has 0 amide bonds. The van der Waals surface area contributed by atoms with Crippen LogP contribution >= 0.6 is 27.7 Å². The summed E-state index contributed by atoms with van der Waals surface area (Å²) in [6.45, 7) is 2.84. The van der Waals surface area contributed by atoms with Gasteiger partial charge in [-0.05, 0) is 51.0 Å². The second kappa shape index (κ2) is 6.85. The molecule has 0 saturated heterocycles. The van der Waals surface area contributed by atoms with E-state index in [0.29, 0.717) is 10.2 Å². The molecule has 0 radical (unpaired) electrons. The van der Waals surface area contributed by atoms with Crippen LogP contribution in [-0.2, 0) is 12.3 Å². The molecule has 1 aromatic heterocycles. The highest BCUT2D eigenvalue weighted by Crippen LogP contribution is 2.26. The minimum Gasteiger partial charge on any atom is -0.478 e. The van der Waals surface area contributed by atoms with E-state index in [4.69, 9.17) is 5.11 Å². The van der Waals surface area contributed by atoms with Gasteiger partial charge in [-0.15, -0.1) is 16.9 Å². The summed E-state index contributed by atoms with van der Waals surface area (Å²) in [5.74, 6) is 0.444. The van der Waals surface area contributed by atoms with Crippen molar-refractivity contribution in [2.45, 2.75) is 30.5 Å². The third-order valence-corrected chi connectivity index (χ3v) is 4.26. The second-order valence-corrected chi connectivity index (χ2v) is 5.96. The highest BCUT2D eigenvalue weighted by atomic mass is 79.9. The monoisotopic (exact) mass is 356 g/mol. The minimum absolute atomic E-state index is 0.253. The van der Waals surface area contributed by atoms with E-state index in [9.17, 15) is 4.79 Å². The van der Waals surface area contributed by atoms with Crippen molar-refractivity contribution in [3.05, 3.63) is 34.1 Å². The zero-order valence-electron chi connectivity index (χ0n) is 10.8. The quantitative estimate of drug-likeness (QED) is 0.801. The summed E-state index contributed by atoms with van der Waals surface area (Å²) in [6.07, 6.45) is 0.962. The lowest BCUT2D eigenvalue weighted by atomic mass is 10.2. The maximum absolute atomic E-state index is 11.1. The van der Waals surface area contributed by atoms with Crippen LogP contribution in [0.2, 0.25) is 0 Å². The van der Waals surface area contributed by atoms with E-state index in [1.54, 1.807) is 16.8 Å². The lowest BCUT2D eigenvalue weighted by molar-refractivity contribution is 0.0695. The summed E-state index contributed by atoms with van der Waals surface area (Å²) < 4.78 is 2.34. The predicted octanol–water partition coefficient (Wildman–Crippen LogP) is 2.84. The first-order valence-electron chi connectivity index (χ1n) is 6.02. The number of nitrogens with zero attached hydrogens (tertiary/aromatic N) is 4. The standard InChI is InChI=1S/C12H13BrN4O2S/c1-2-5-17-11(14-15-16-17)7-20-8-3-4-10(13)9(6-8)12(18)19/h3-4,6H,2,5,7H2,1H3,(H,18,19).